The summed E-state index contributed by atoms with van der Waals surface area (Å²) in [6.45, 7) is 1.59. The van der Waals surface area contributed by atoms with E-state index >= 15 is 0 Å². The molecule has 0 saturated heterocycles. The molecule has 1 aliphatic carbocycles. The van der Waals surface area contributed by atoms with Gasteiger partial charge in [0, 0.05) is 17.3 Å². The van der Waals surface area contributed by atoms with Crippen LogP contribution < -0.4 is 10.0 Å². The molecule has 1 fully saturated rings. The van der Waals surface area contributed by atoms with Crippen LogP contribution in [0.5, 0.6) is 0 Å². The molecule has 0 heterocycles. The molecule has 1 saturated carbocycles. The Balaban J connectivity index is 1.73. The first kappa shape index (κ1) is 20.4. The van der Waals surface area contributed by atoms with Crippen LogP contribution in [0.3, 0.4) is 0 Å². The number of benzene rings is 2. The van der Waals surface area contributed by atoms with Gasteiger partial charge in [-0.3, -0.25) is 4.79 Å². The van der Waals surface area contributed by atoms with Gasteiger partial charge in [-0.25, -0.2) is 17.5 Å². The van der Waals surface area contributed by atoms with Gasteiger partial charge in [0.05, 0.1) is 11.0 Å². The topological polar surface area (TPSA) is 95.5 Å². The fraction of sp³-hybridized carbons (Fsp3) is 0.350. The lowest BCUT2D eigenvalue weighted by Crippen LogP contribution is -2.38. The monoisotopic (exact) mass is 406 g/mol. The van der Waals surface area contributed by atoms with Crippen LogP contribution in [0.2, 0.25) is 0 Å². The summed E-state index contributed by atoms with van der Waals surface area (Å²) in [6.07, 6.45) is 1.90. The molecule has 2 aromatic rings. The average Bonchev–Trinajstić information content (AvgIpc) is 2.66. The van der Waals surface area contributed by atoms with E-state index in [1.165, 1.54) is 42.5 Å². The van der Waals surface area contributed by atoms with Gasteiger partial charge in [-0.2, -0.15) is 0 Å². The van der Waals surface area contributed by atoms with Crippen LogP contribution in [0.15, 0.2) is 47.4 Å². The van der Waals surface area contributed by atoms with E-state index in [1.807, 2.05) is 0 Å². The summed E-state index contributed by atoms with van der Waals surface area (Å²) >= 11 is 0. The van der Waals surface area contributed by atoms with Gasteiger partial charge in [0.1, 0.15) is 5.82 Å². The minimum atomic E-state index is -3.78. The molecule has 2 aromatic carbocycles. The van der Waals surface area contributed by atoms with Crippen molar-refractivity contribution in [2.75, 3.05) is 5.32 Å². The Bertz CT molecular complexity index is 970. The predicted octanol–water partition coefficient (Wildman–Crippen LogP) is 2.97. The lowest BCUT2D eigenvalue weighted by molar-refractivity contribution is 0.102. The molecule has 150 valence electrons. The zero-order chi connectivity index (χ0) is 20.3. The highest BCUT2D eigenvalue weighted by molar-refractivity contribution is 7.89. The molecule has 0 atom stereocenters. The number of hydrogen-bond donors (Lipinski definition) is 3. The van der Waals surface area contributed by atoms with Crippen molar-refractivity contribution >= 4 is 21.6 Å². The number of sulfonamides is 1. The van der Waals surface area contributed by atoms with E-state index in [9.17, 15) is 22.7 Å². The third-order valence-corrected chi connectivity index (χ3v) is 6.36. The van der Waals surface area contributed by atoms with Crippen molar-refractivity contribution < 1.29 is 22.7 Å². The molecule has 6 nitrogen and oxygen atoms in total. The number of anilines is 1. The number of rotatable bonds is 5. The van der Waals surface area contributed by atoms with Crippen LogP contribution in [-0.4, -0.2) is 31.6 Å². The maximum Gasteiger partial charge on any atom is 0.255 e. The summed E-state index contributed by atoms with van der Waals surface area (Å²) in [4.78, 5) is 12.5. The van der Waals surface area contributed by atoms with E-state index < -0.39 is 15.9 Å². The largest absolute Gasteiger partial charge is 0.393 e. The first-order valence-electron chi connectivity index (χ1n) is 9.12. The van der Waals surface area contributed by atoms with Gasteiger partial charge in [-0.1, -0.05) is 6.07 Å². The number of carbonyl (C=O) groups is 1. The van der Waals surface area contributed by atoms with Crippen molar-refractivity contribution in [3.63, 3.8) is 0 Å². The third kappa shape index (κ3) is 4.95. The van der Waals surface area contributed by atoms with E-state index in [1.54, 1.807) is 6.92 Å². The number of amides is 1. The van der Waals surface area contributed by atoms with Crippen molar-refractivity contribution in [2.24, 2.45) is 0 Å². The lowest BCUT2D eigenvalue weighted by atomic mass is 9.94. The standard InChI is InChI=1S/C20H23FN2O4S/c1-13-11-16(7-10-19(13)21)22-20(25)14-3-2-4-18(12-14)28(26,27)23-15-5-8-17(24)9-6-15/h2-4,7,10-12,15,17,23-24H,5-6,8-9H2,1H3,(H,22,25). The quantitative estimate of drug-likeness (QED) is 0.711. The third-order valence-electron chi connectivity index (χ3n) is 4.84. The van der Waals surface area contributed by atoms with E-state index in [-0.39, 0.29) is 28.4 Å². The molecule has 0 spiro atoms. The van der Waals surface area contributed by atoms with Crippen LogP contribution in [0.4, 0.5) is 10.1 Å². The summed E-state index contributed by atoms with van der Waals surface area (Å²) < 4.78 is 41.3. The Morgan fingerprint density at radius 3 is 2.50 bits per heavy atom. The van der Waals surface area contributed by atoms with Gasteiger partial charge < -0.3 is 10.4 Å². The Morgan fingerprint density at radius 2 is 1.82 bits per heavy atom. The van der Waals surface area contributed by atoms with Gasteiger partial charge in [0.2, 0.25) is 10.0 Å². The molecular formula is C20H23FN2O4S. The Hall–Kier alpha value is -2.29. The lowest BCUT2D eigenvalue weighted by Gasteiger charge is -2.26. The van der Waals surface area contributed by atoms with Crippen molar-refractivity contribution in [3.05, 3.63) is 59.4 Å². The van der Waals surface area contributed by atoms with E-state index in [4.69, 9.17) is 0 Å². The van der Waals surface area contributed by atoms with Gasteiger partial charge in [-0.15, -0.1) is 0 Å². The van der Waals surface area contributed by atoms with Crippen molar-refractivity contribution in [2.45, 2.75) is 49.6 Å². The molecule has 0 bridgehead atoms. The zero-order valence-corrected chi connectivity index (χ0v) is 16.3. The van der Waals surface area contributed by atoms with Gasteiger partial charge in [-0.05, 0) is 74.6 Å². The summed E-state index contributed by atoms with van der Waals surface area (Å²) in [5.41, 5.74) is 1.01. The van der Waals surface area contributed by atoms with Gasteiger partial charge in [0.25, 0.3) is 5.91 Å². The average molecular weight is 406 g/mol. The summed E-state index contributed by atoms with van der Waals surface area (Å²) in [5.74, 6) is -0.851. The number of carbonyl (C=O) groups excluding carboxylic acids is 1. The number of nitrogens with one attached hydrogen (secondary N) is 2. The van der Waals surface area contributed by atoms with Crippen molar-refractivity contribution in [1.29, 1.82) is 0 Å². The molecule has 3 N–H and O–H groups in total. The molecule has 1 aliphatic rings. The SMILES string of the molecule is Cc1cc(NC(=O)c2cccc(S(=O)(=O)NC3CCC(O)CC3)c2)ccc1F. The van der Waals surface area contributed by atoms with Crippen LogP contribution in [0, 0.1) is 12.7 Å². The maximum atomic E-state index is 13.4. The minimum Gasteiger partial charge on any atom is -0.393 e. The number of aliphatic hydroxyl groups is 1. The zero-order valence-electron chi connectivity index (χ0n) is 15.5. The van der Waals surface area contributed by atoms with Crippen LogP contribution >= 0.6 is 0 Å². The molecule has 0 unspecified atom stereocenters. The molecule has 1 amide bonds. The Morgan fingerprint density at radius 1 is 1.11 bits per heavy atom. The smallest absolute Gasteiger partial charge is 0.255 e. The number of hydrogen-bond acceptors (Lipinski definition) is 4. The molecule has 8 heteroatoms. The molecule has 0 aliphatic heterocycles. The highest BCUT2D eigenvalue weighted by Crippen LogP contribution is 2.21. The minimum absolute atomic E-state index is 0.00144. The fourth-order valence-corrected chi connectivity index (χ4v) is 4.56. The fourth-order valence-electron chi connectivity index (χ4n) is 3.21. The summed E-state index contributed by atoms with van der Waals surface area (Å²) in [7, 11) is -3.78. The Kier molecular flexibility index (Phi) is 6.12. The first-order chi connectivity index (χ1) is 13.2. The number of aliphatic hydroxyl groups excluding tert-OH is 1. The first-order valence-corrected chi connectivity index (χ1v) is 10.6. The summed E-state index contributed by atoms with van der Waals surface area (Å²) in [5, 5.41) is 12.2. The van der Waals surface area contributed by atoms with Crippen LogP contribution in [0.1, 0.15) is 41.6 Å². The van der Waals surface area contributed by atoms with Crippen molar-refractivity contribution in [3.8, 4) is 0 Å². The Labute approximate surface area is 163 Å². The second-order valence-corrected chi connectivity index (χ2v) is 8.79. The van der Waals surface area contributed by atoms with Gasteiger partial charge >= 0.3 is 0 Å². The highest BCUT2D eigenvalue weighted by Gasteiger charge is 2.25. The predicted molar refractivity (Wildman–Crippen MR) is 104 cm³/mol. The second kappa shape index (κ2) is 8.38. The molecule has 0 radical (unpaired) electrons. The molecular weight excluding hydrogens is 383 g/mol. The van der Waals surface area contributed by atoms with Crippen LogP contribution in [0.25, 0.3) is 0 Å². The maximum absolute atomic E-state index is 13.4. The summed E-state index contributed by atoms with van der Waals surface area (Å²) in [6, 6.07) is 9.74. The highest BCUT2D eigenvalue weighted by atomic mass is 32.2. The number of aryl methyl sites for hydroxylation is 1. The molecule has 0 aromatic heterocycles. The number of halogens is 1. The van der Waals surface area contributed by atoms with Gasteiger partial charge in [0.15, 0.2) is 0 Å². The normalized spacial score (nSPS) is 20.0. The van der Waals surface area contributed by atoms with E-state index in [2.05, 4.69) is 10.0 Å². The van der Waals surface area contributed by atoms with E-state index in [0.717, 1.165) is 0 Å². The van der Waals surface area contributed by atoms with Crippen molar-refractivity contribution in [1.82, 2.24) is 4.72 Å². The second-order valence-electron chi connectivity index (χ2n) is 7.07. The van der Waals surface area contributed by atoms with Crippen LogP contribution in [-0.2, 0) is 10.0 Å². The molecule has 28 heavy (non-hydrogen) atoms. The molecule has 3 rings (SSSR count). The van der Waals surface area contributed by atoms with E-state index in [0.29, 0.717) is 36.9 Å².